The minimum Gasteiger partial charge on any atom is -0.320 e. The molecule has 1 heterocycles. The van der Waals surface area contributed by atoms with E-state index >= 15 is 0 Å². The summed E-state index contributed by atoms with van der Waals surface area (Å²) in [5.74, 6) is 2.74. The number of hydrogen-bond donors (Lipinski definition) is 1. The number of carbonyl (C=O) groups excluding carboxylic acids is 1. The monoisotopic (exact) mass is 295 g/mol. The minimum atomic E-state index is -0.495. The first-order valence-electron chi connectivity index (χ1n) is 7.12. The summed E-state index contributed by atoms with van der Waals surface area (Å²) in [4.78, 5) is 14.1. The molecule has 20 heavy (non-hydrogen) atoms. The maximum atomic E-state index is 12.5. The SMILES string of the molecule is C#CC1CCC(C#N)N1C(=O)[C@H](N)C1CCCCC1.Cl. The van der Waals surface area contributed by atoms with E-state index in [2.05, 4.69) is 12.0 Å². The lowest BCUT2D eigenvalue weighted by Gasteiger charge is -2.32. The number of rotatable bonds is 2. The van der Waals surface area contributed by atoms with Gasteiger partial charge in [0.25, 0.3) is 0 Å². The number of amides is 1. The summed E-state index contributed by atoms with van der Waals surface area (Å²) < 4.78 is 0. The third-order valence-electron chi connectivity index (χ3n) is 4.42. The predicted octanol–water partition coefficient (Wildman–Crippen LogP) is 1.83. The highest BCUT2D eigenvalue weighted by Gasteiger charge is 2.40. The smallest absolute Gasteiger partial charge is 0.241 e. The molecule has 1 aliphatic carbocycles. The van der Waals surface area contributed by atoms with E-state index in [4.69, 9.17) is 17.4 Å². The summed E-state index contributed by atoms with van der Waals surface area (Å²) in [5.41, 5.74) is 6.14. The Labute approximate surface area is 127 Å². The minimum absolute atomic E-state index is 0. The fraction of sp³-hybridized carbons (Fsp3) is 0.733. The van der Waals surface area contributed by atoms with Crippen LogP contribution in [0.4, 0.5) is 0 Å². The van der Waals surface area contributed by atoms with Crippen LogP contribution in [0.5, 0.6) is 0 Å². The zero-order valence-electron chi connectivity index (χ0n) is 11.6. The van der Waals surface area contributed by atoms with Crippen molar-refractivity contribution in [2.45, 2.75) is 63.1 Å². The van der Waals surface area contributed by atoms with E-state index in [1.807, 2.05) is 0 Å². The van der Waals surface area contributed by atoms with E-state index in [-0.39, 0.29) is 30.3 Å². The highest BCUT2D eigenvalue weighted by Crippen LogP contribution is 2.29. The molecule has 110 valence electrons. The van der Waals surface area contributed by atoms with E-state index in [0.29, 0.717) is 12.8 Å². The van der Waals surface area contributed by atoms with Gasteiger partial charge < -0.3 is 10.6 Å². The molecular formula is C15H22ClN3O. The third-order valence-corrected chi connectivity index (χ3v) is 4.42. The van der Waals surface area contributed by atoms with Gasteiger partial charge in [-0.25, -0.2) is 0 Å². The molecule has 0 aromatic carbocycles. The fourth-order valence-corrected chi connectivity index (χ4v) is 3.28. The van der Waals surface area contributed by atoms with Crippen LogP contribution in [0, 0.1) is 29.6 Å². The second kappa shape index (κ2) is 7.53. The van der Waals surface area contributed by atoms with Crippen LogP contribution in [-0.4, -0.2) is 28.9 Å². The van der Waals surface area contributed by atoms with Gasteiger partial charge in [-0.2, -0.15) is 5.26 Å². The van der Waals surface area contributed by atoms with Crippen molar-refractivity contribution >= 4 is 18.3 Å². The molecular weight excluding hydrogens is 274 g/mol. The van der Waals surface area contributed by atoms with Gasteiger partial charge in [-0.15, -0.1) is 18.8 Å². The molecule has 2 fully saturated rings. The maximum absolute atomic E-state index is 12.5. The van der Waals surface area contributed by atoms with Crippen molar-refractivity contribution in [2.24, 2.45) is 11.7 Å². The van der Waals surface area contributed by atoms with Crippen LogP contribution in [0.2, 0.25) is 0 Å². The number of carbonyl (C=O) groups is 1. The van der Waals surface area contributed by atoms with Gasteiger partial charge in [-0.1, -0.05) is 25.2 Å². The molecule has 1 aliphatic heterocycles. The van der Waals surface area contributed by atoms with E-state index in [1.165, 1.54) is 6.42 Å². The Hall–Kier alpha value is -1.23. The molecule has 0 aromatic heterocycles. The van der Waals surface area contributed by atoms with Crippen LogP contribution < -0.4 is 5.73 Å². The van der Waals surface area contributed by atoms with Crippen molar-refractivity contribution in [1.29, 1.82) is 5.26 Å². The Balaban J connectivity index is 0.00000200. The number of nitrogens with two attached hydrogens (primary N) is 1. The number of nitrogens with zero attached hydrogens (tertiary/aromatic N) is 2. The van der Waals surface area contributed by atoms with E-state index < -0.39 is 12.1 Å². The largest absolute Gasteiger partial charge is 0.320 e. The number of likely N-dealkylation sites (tertiary alicyclic amines) is 1. The van der Waals surface area contributed by atoms with Gasteiger partial charge in [0.15, 0.2) is 0 Å². The zero-order chi connectivity index (χ0) is 13.8. The van der Waals surface area contributed by atoms with Gasteiger partial charge in [0, 0.05) is 0 Å². The Kier molecular flexibility index (Phi) is 6.33. The van der Waals surface area contributed by atoms with Gasteiger partial charge in [0.1, 0.15) is 6.04 Å². The van der Waals surface area contributed by atoms with Gasteiger partial charge >= 0.3 is 0 Å². The average Bonchev–Trinajstić information content (AvgIpc) is 2.89. The third kappa shape index (κ3) is 3.26. The molecule has 2 rings (SSSR count). The summed E-state index contributed by atoms with van der Waals surface area (Å²) in [7, 11) is 0. The summed E-state index contributed by atoms with van der Waals surface area (Å²) in [6.07, 6.45) is 12.4. The number of hydrogen-bond acceptors (Lipinski definition) is 3. The van der Waals surface area contributed by atoms with Crippen molar-refractivity contribution < 1.29 is 4.79 Å². The second-order valence-electron chi connectivity index (χ2n) is 5.57. The molecule has 1 saturated carbocycles. The Morgan fingerprint density at radius 2 is 1.80 bits per heavy atom. The summed E-state index contributed by atoms with van der Waals surface area (Å²) in [6.45, 7) is 0. The quantitative estimate of drug-likeness (QED) is 0.790. The topological polar surface area (TPSA) is 70.1 Å². The zero-order valence-corrected chi connectivity index (χ0v) is 12.4. The molecule has 1 saturated heterocycles. The first-order valence-corrected chi connectivity index (χ1v) is 7.12. The van der Waals surface area contributed by atoms with Gasteiger partial charge in [-0.05, 0) is 31.6 Å². The molecule has 0 spiro atoms. The van der Waals surface area contributed by atoms with Crippen LogP contribution in [0.25, 0.3) is 0 Å². The van der Waals surface area contributed by atoms with E-state index in [0.717, 1.165) is 25.7 Å². The normalized spacial score (nSPS) is 28.1. The van der Waals surface area contributed by atoms with Crippen LogP contribution in [0.15, 0.2) is 0 Å². The van der Waals surface area contributed by atoms with Crippen LogP contribution in [0.3, 0.4) is 0 Å². The van der Waals surface area contributed by atoms with Crippen LogP contribution >= 0.6 is 12.4 Å². The van der Waals surface area contributed by atoms with Crippen molar-refractivity contribution in [3.05, 3.63) is 0 Å². The molecule has 0 radical (unpaired) electrons. The first-order chi connectivity index (χ1) is 9.19. The Morgan fingerprint density at radius 1 is 1.20 bits per heavy atom. The molecule has 4 nitrogen and oxygen atoms in total. The summed E-state index contributed by atoms with van der Waals surface area (Å²) >= 11 is 0. The summed E-state index contributed by atoms with van der Waals surface area (Å²) in [6, 6.07) is 1.02. The predicted molar refractivity (Wildman–Crippen MR) is 79.9 cm³/mol. The molecule has 3 atom stereocenters. The van der Waals surface area contributed by atoms with E-state index in [9.17, 15) is 4.79 Å². The number of terminal acetylenes is 1. The fourth-order valence-electron chi connectivity index (χ4n) is 3.28. The van der Waals surface area contributed by atoms with Crippen LogP contribution in [0.1, 0.15) is 44.9 Å². The Morgan fingerprint density at radius 3 is 2.35 bits per heavy atom. The molecule has 5 heteroatoms. The van der Waals surface area contributed by atoms with Gasteiger partial charge in [0.2, 0.25) is 5.91 Å². The summed E-state index contributed by atoms with van der Waals surface area (Å²) in [5, 5.41) is 9.14. The van der Waals surface area contributed by atoms with E-state index in [1.54, 1.807) is 4.90 Å². The van der Waals surface area contributed by atoms with Gasteiger partial charge in [0.05, 0.1) is 18.2 Å². The molecule has 2 N–H and O–H groups in total. The maximum Gasteiger partial charge on any atom is 0.241 e. The average molecular weight is 296 g/mol. The lowest BCUT2D eigenvalue weighted by Crippen LogP contribution is -2.52. The second-order valence-corrected chi connectivity index (χ2v) is 5.57. The lowest BCUT2D eigenvalue weighted by molar-refractivity contribution is -0.135. The molecule has 2 aliphatic rings. The highest BCUT2D eigenvalue weighted by molar-refractivity contribution is 5.85. The molecule has 2 unspecified atom stereocenters. The first kappa shape index (κ1) is 16.8. The van der Waals surface area contributed by atoms with Crippen LogP contribution in [-0.2, 0) is 4.79 Å². The molecule has 0 bridgehead atoms. The number of nitriles is 1. The van der Waals surface area contributed by atoms with Crippen molar-refractivity contribution in [3.63, 3.8) is 0 Å². The standard InChI is InChI=1S/C15H21N3O.ClH/c1-2-12-8-9-13(10-16)18(12)15(19)14(17)11-6-4-3-5-7-11;/h1,11-14H,3-9,17H2;1H/t12?,13?,14-;/m1./s1. The highest BCUT2D eigenvalue weighted by atomic mass is 35.5. The number of halogens is 1. The molecule has 1 amide bonds. The van der Waals surface area contributed by atoms with Crippen molar-refractivity contribution in [2.75, 3.05) is 0 Å². The molecule has 0 aromatic rings. The van der Waals surface area contributed by atoms with Crippen molar-refractivity contribution in [3.8, 4) is 18.4 Å². The van der Waals surface area contributed by atoms with Crippen molar-refractivity contribution in [1.82, 2.24) is 4.90 Å². The van der Waals surface area contributed by atoms with Gasteiger partial charge in [-0.3, -0.25) is 4.79 Å². The Bertz CT molecular complexity index is 398. The lowest BCUT2D eigenvalue weighted by atomic mass is 9.83.